The number of nitrogens with one attached hydrogen (secondary N) is 2. The third kappa shape index (κ3) is 4.30. The second-order valence-corrected chi connectivity index (χ2v) is 8.34. The van der Waals surface area contributed by atoms with Crippen LogP contribution in [-0.4, -0.2) is 52.1 Å². The normalized spacial score (nSPS) is 16.7. The molecule has 2 amide bonds. The van der Waals surface area contributed by atoms with Gasteiger partial charge in [-0.2, -0.15) is 0 Å². The van der Waals surface area contributed by atoms with E-state index >= 15 is 0 Å². The second kappa shape index (κ2) is 8.30. The lowest BCUT2D eigenvalue weighted by Gasteiger charge is -2.16. The van der Waals surface area contributed by atoms with E-state index < -0.39 is 0 Å². The number of aromatic amines is 1. The zero-order valence-electron chi connectivity index (χ0n) is 16.4. The molecule has 4 rings (SSSR count). The third-order valence-electron chi connectivity index (χ3n) is 5.12. The van der Waals surface area contributed by atoms with Gasteiger partial charge in [-0.3, -0.25) is 9.59 Å². The Balaban J connectivity index is 1.34. The monoisotopic (exact) mass is 413 g/mol. The maximum Gasteiger partial charge on any atom is 0.231 e. The number of benzene rings is 1. The summed E-state index contributed by atoms with van der Waals surface area (Å²) in [5, 5.41) is 13.0. The molecule has 1 aromatic carbocycles. The first-order valence-electron chi connectivity index (χ1n) is 9.50. The van der Waals surface area contributed by atoms with Crippen LogP contribution in [0.1, 0.15) is 22.6 Å². The van der Waals surface area contributed by atoms with Crippen LogP contribution in [0.2, 0.25) is 0 Å². The maximum atomic E-state index is 12.5. The van der Waals surface area contributed by atoms with E-state index in [2.05, 4.69) is 45.6 Å². The Hall–Kier alpha value is -2.78. The van der Waals surface area contributed by atoms with Gasteiger partial charge in [0.2, 0.25) is 16.9 Å². The van der Waals surface area contributed by atoms with Crippen LogP contribution in [0.3, 0.4) is 0 Å². The van der Waals surface area contributed by atoms with Gasteiger partial charge in [-0.05, 0) is 31.0 Å². The van der Waals surface area contributed by atoms with Gasteiger partial charge in [0.25, 0.3) is 0 Å². The molecule has 1 unspecified atom stereocenters. The molecule has 0 aliphatic carbocycles. The van der Waals surface area contributed by atoms with Crippen LogP contribution in [0, 0.1) is 12.8 Å². The Morgan fingerprint density at radius 3 is 3.10 bits per heavy atom. The molecule has 2 N–H and O–H groups in total. The van der Waals surface area contributed by atoms with Gasteiger partial charge in [-0.1, -0.05) is 23.0 Å². The number of hydrogen-bond donors (Lipinski definition) is 2. The Morgan fingerprint density at radius 1 is 1.41 bits per heavy atom. The summed E-state index contributed by atoms with van der Waals surface area (Å²) in [5.41, 5.74) is 3.49. The second-order valence-electron chi connectivity index (χ2n) is 7.28. The predicted molar refractivity (Wildman–Crippen MR) is 111 cm³/mol. The molecule has 3 aromatic rings. The molecule has 3 heterocycles. The summed E-state index contributed by atoms with van der Waals surface area (Å²) in [6.45, 7) is 3.45. The van der Waals surface area contributed by atoms with Crippen molar-refractivity contribution in [2.24, 2.45) is 5.92 Å². The van der Waals surface area contributed by atoms with Gasteiger partial charge in [0, 0.05) is 43.7 Å². The predicted octanol–water partition coefficient (Wildman–Crippen LogP) is 2.50. The van der Waals surface area contributed by atoms with Crippen molar-refractivity contribution in [1.82, 2.24) is 20.1 Å². The number of likely N-dealkylation sites (tertiary alicyclic amines) is 1. The molecule has 9 heteroatoms. The summed E-state index contributed by atoms with van der Waals surface area (Å²) < 4.78 is 5.01. The van der Waals surface area contributed by atoms with Crippen molar-refractivity contribution >= 4 is 39.2 Å². The first kappa shape index (κ1) is 19.5. The number of amides is 2. The minimum atomic E-state index is -0.373. The summed E-state index contributed by atoms with van der Waals surface area (Å²) in [5.74, 6) is -0.551. The van der Waals surface area contributed by atoms with Crippen LogP contribution < -0.4 is 5.32 Å². The molecule has 0 bridgehead atoms. The highest BCUT2D eigenvalue weighted by atomic mass is 32.1. The molecule has 1 fully saturated rings. The summed E-state index contributed by atoms with van der Waals surface area (Å²) in [4.78, 5) is 30.0. The van der Waals surface area contributed by atoms with Crippen molar-refractivity contribution in [1.29, 1.82) is 0 Å². The molecular weight excluding hydrogens is 390 g/mol. The fourth-order valence-corrected chi connectivity index (χ4v) is 4.33. The molecule has 29 heavy (non-hydrogen) atoms. The van der Waals surface area contributed by atoms with Crippen molar-refractivity contribution in [3.05, 3.63) is 40.5 Å². The number of H-pyrrole nitrogens is 1. The van der Waals surface area contributed by atoms with E-state index in [0.717, 1.165) is 11.9 Å². The van der Waals surface area contributed by atoms with Crippen LogP contribution in [0.5, 0.6) is 0 Å². The highest BCUT2D eigenvalue weighted by Crippen LogP contribution is 2.24. The highest BCUT2D eigenvalue weighted by molar-refractivity contribution is 7.15. The van der Waals surface area contributed by atoms with Crippen LogP contribution in [0.4, 0.5) is 5.13 Å². The molecule has 0 radical (unpaired) electrons. The average molecular weight is 414 g/mol. The topological polar surface area (TPSA) is 100 Å². The largest absolute Gasteiger partial charge is 0.377 e. The number of fused-ring (bicyclic) bond motifs is 1. The Labute approximate surface area is 172 Å². The number of hydrogen-bond acceptors (Lipinski definition) is 6. The van der Waals surface area contributed by atoms with E-state index in [0.29, 0.717) is 29.8 Å². The third-order valence-corrected chi connectivity index (χ3v) is 5.94. The lowest BCUT2D eigenvalue weighted by molar-refractivity contribution is -0.128. The first-order valence-corrected chi connectivity index (χ1v) is 10.3. The number of carbonyl (C=O) groups is 2. The fourth-order valence-electron chi connectivity index (χ4n) is 3.61. The van der Waals surface area contributed by atoms with Crippen LogP contribution in [0.25, 0.3) is 10.9 Å². The van der Waals surface area contributed by atoms with Gasteiger partial charge in [-0.25, -0.2) is 0 Å². The van der Waals surface area contributed by atoms with E-state index in [4.69, 9.17) is 4.74 Å². The SMILES string of the molecule is COCc1nnc(NC(=O)C2CC(=O)N(CCc3c[nH]c4ccc(C)cc34)C2)s1. The van der Waals surface area contributed by atoms with Crippen molar-refractivity contribution in [2.45, 2.75) is 26.4 Å². The molecule has 1 aliphatic heterocycles. The van der Waals surface area contributed by atoms with Crippen LogP contribution in [-0.2, 0) is 27.4 Å². The van der Waals surface area contributed by atoms with Gasteiger partial charge in [0.1, 0.15) is 11.6 Å². The van der Waals surface area contributed by atoms with Crippen LogP contribution in [0.15, 0.2) is 24.4 Å². The van der Waals surface area contributed by atoms with Crippen molar-refractivity contribution in [3.63, 3.8) is 0 Å². The summed E-state index contributed by atoms with van der Waals surface area (Å²) in [7, 11) is 1.58. The number of aromatic nitrogens is 3. The minimum Gasteiger partial charge on any atom is -0.377 e. The Bertz CT molecular complexity index is 1040. The smallest absolute Gasteiger partial charge is 0.231 e. The highest BCUT2D eigenvalue weighted by Gasteiger charge is 2.34. The minimum absolute atomic E-state index is 0.0125. The fraction of sp³-hybridized carbons (Fsp3) is 0.400. The number of nitrogens with zero attached hydrogens (tertiary/aromatic N) is 3. The standard InChI is InChI=1S/C20H23N5O3S/c1-12-3-4-16-15(7-12)13(9-21-16)5-6-25-10-14(8-18(25)26)19(27)22-20-24-23-17(29-20)11-28-2/h3-4,7,9,14,21H,5-6,8,10-11H2,1-2H3,(H,22,24,27). The molecule has 1 atom stereocenters. The summed E-state index contributed by atoms with van der Waals surface area (Å²) in [6.07, 6.45) is 2.98. The van der Waals surface area contributed by atoms with Crippen LogP contribution >= 0.6 is 11.3 Å². The van der Waals surface area contributed by atoms with Gasteiger partial charge >= 0.3 is 0 Å². The van der Waals surface area contributed by atoms with E-state index in [1.165, 1.54) is 27.8 Å². The lowest BCUT2D eigenvalue weighted by Crippen LogP contribution is -2.30. The number of carbonyl (C=O) groups excluding carboxylic acids is 2. The maximum absolute atomic E-state index is 12.5. The number of rotatable bonds is 7. The van der Waals surface area contributed by atoms with E-state index in [1.807, 2.05) is 6.20 Å². The first-order chi connectivity index (χ1) is 14.0. The number of anilines is 1. The van der Waals surface area contributed by atoms with E-state index in [9.17, 15) is 9.59 Å². The van der Waals surface area contributed by atoms with Gasteiger partial charge in [0.05, 0.1) is 5.92 Å². The quantitative estimate of drug-likeness (QED) is 0.620. The lowest BCUT2D eigenvalue weighted by atomic mass is 10.1. The number of methoxy groups -OCH3 is 1. The van der Waals surface area contributed by atoms with Gasteiger partial charge < -0.3 is 19.9 Å². The molecule has 0 saturated carbocycles. The van der Waals surface area contributed by atoms with Crippen molar-refractivity contribution in [3.8, 4) is 0 Å². The average Bonchev–Trinajstić information content (AvgIpc) is 3.39. The Kier molecular flexibility index (Phi) is 5.59. The van der Waals surface area contributed by atoms with E-state index in [1.54, 1.807) is 12.0 Å². The molecule has 2 aromatic heterocycles. The van der Waals surface area contributed by atoms with Crippen molar-refractivity contribution in [2.75, 3.05) is 25.5 Å². The molecular formula is C20H23N5O3S. The Morgan fingerprint density at radius 2 is 2.28 bits per heavy atom. The van der Waals surface area contributed by atoms with Gasteiger partial charge in [0.15, 0.2) is 0 Å². The zero-order chi connectivity index (χ0) is 20.4. The van der Waals surface area contributed by atoms with E-state index in [-0.39, 0.29) is 24.2 Å². The summed E-state index contributed by atoms with van der Waals surface area (Å²) >= 11 is 1.28. The molecule has 8 nitrogen and oxygen atoms in total. The molecule has 152 valence electrons. The van der Waals surface area contributed by atoms with Gasteiger partial charge in [-0.15, -0.1) is 10.2 Å². The molecule has 1 saturated heterocycles. The molecule has 0 spiro atoms. The number of ether oxygens (including phenoxy) is 1. The summed E-state index contributed by atoms with van der Waals surface area (Å²) in [6, 6.07) is 6.30. The van der Waals surface area contributed by atoms with Crippen molar-refractivity contribution < 1.29 is 14.3 Å². The zero-order valence-corrected chi connectivity index (χ0v) is 17.2. The molecule has 1 aliphatic rings. The number of aryl methyl sites for hydroxylation is 1.